The number of ether oxygens (including phenoxy) is 1. The summed E-state index contributed by atoms with van der Waals surface area (Å²) in [6, 6.07) is 29.3. The maximum Gasteiger partial charge on any atom is 0.415 e. The number of likely N-dealkylation sites (tertiary alicyclic amines) is 2. The van der Waals surface area contributed by atoms with E-state index in [-0.39, 0.29) is 75.4 Å². The number of anilines is 2. The number of fused-ring (bicyclic) bond motifs is 2. The summed E-state index contributed by atoms with van der Waals surface area (Å²) in [4.78, 5) is 52.1. The molecule has 0 unspecified atom stereocenters. The van der Waals surface area contributed by atoms with Gasteiger partial charge in [-0.2, -0.15) is 0 Å². The molecule has 0 aliphatic carbocycles. The number of nitrogens with one attached hydrogen (secondary N) is 1. The van der Waals surface area contributed by atoms with Crippen molar-refractivity contribution in [3.8, 4) is 28.3 Å². The number of carbonyl (C=O) groups excluding carboxylic acids is 2. The number of nitro groups is 1. The van der Waals surface area contributed by atoms with Crippen LogP contribution < -0.4 is 19.9 Å². The molecule has 3 amide bonds. The number of amides is 3. The minimum Gasteiger partial charge on any atom is -0.410 e. The zero-order valence-electron chi connectivity index (χ0n) is 42.0. The fraction of sp³-hybridized carbons (Fsp3) is 0.370. The predicted octanol–water partition coefficient (Wildman–Crippen LogP) is 9.37. The predicted molar refractivity (Wildman–Crippen MR) is 280 cm³/mol. The van der Waals surface area contributed by atoms with Crippen LogP contribution in [0.5, 0.6) is 5.75 Å². The number of nitrogens with zero attached hydrogens (tertiary/aromatic N) is 12. The lowest BCUT2D eigenvalue weighted by Crippen LogP contribution is -2.58. The number of non-ortho nitro benzene ring substituents is 1. The largest absolute Gasteiger partial charge is 0.415 e. The summed E-state index contributed by atoms with van der Waals surface area (Å²) in [6.07, 6.45) is 5.25. The molecule has 4 fully saturated rings. The molecule has 76 heavy (non-hydrogen) atoms. The number of piperidine rings is 2. The second kappa shape index (κ2) is 23.2. The summed E-state index contributed by atoms with van der Waals surface area (Å²) in [7, 11) is 0. The summed E-state index contributed by atoms with van der Waals surface area (Å²) in [5, 5.41) is 36.2. The molecule has 4 saturated heterocycles. The van der Waals surface area contributed by atoms with Crippen LogP contribution in [0, 0.1) is 10.1 Å². The minimum atomic E-state index is -2.73. The molecule has 0 saturated carbocycles. The Morgan fingerprint density at radius 1 is 0.605 bits per heavy atom. The van der Waals surface area contributed by atoms with E-state index in [0.29, 0.717) is 25.7 Å². The fourth-order valence-corrected chi connectivity index (χ4v) is 9.66. The molecule has 4 aliphatic heterocycles. The highest BCUT2D eigenvalue weighted by molar-refractivity contribution is 6.01. The van der Waals surface area contributed by atoms with Crippen LogP contribution in [0.25, 0.3) is 44.1 Å². The molecular formula is C54H57F4N13O5. The monoisotopic (exact) mass is 1040 g/mol. The molecule has 396 valence electrons. The Balaban J connectivity index is 0.000000145. The number of urea groups is 1. The second-order valence-electron chi connectivity index (χ2n) is 19.1. The number of benzene rings is 3. The molecule has 1 N–H and O–H groups in total. The van der Waals surface area contributed by atoms with Crippen molar-refractivity contribution in [2.75, 3.05) is 75.2 Å². The normalized spacial score (nSPS) is 19.2. The fourth-order valence-electron chi connectivity index (χ4n) is 9.66. The zero-order valence-corrected chi connectivity index (χ0v) is 42.0. The lowest BCUT2D eigenvalue weighted by Gasteiger charge is -2.43. The van der Waals surface area contributed by atoms with E-state index < -0.39 is 22.9 Å². The molecule has 4 aromatic heterocycles. The van der Waals surface area contributed by atoms with Gasteiger partial charge in [0.25, 0.3) is 17.5 Å². The molecule has 18 nitrogen and oxygen atoms in total. The molecule has 0 bridgehead atoms. The van der Waals surface area contributed by atoms with Crippen LogP contribution >= 0.6 is 0 Å². The van der Waals surface area contributed by atoms with Crippen LogP contribution in [0.3, 0.4) is 0 Å². The first-order valence-corrected chi connectivity index (χ1v) is 25.2. The van der Waals surface area contributed by atoms with Crippen LogP contribution in [0.4, 0.5) is 44.5 Å². The number of carbonyl (C=O) groups is 2. The number of alkyl halides is 4. The van der Waals surface area contributed by atoms with Crippen LogP contribution in [0.2, 0.25) is 0 Å². The Morgan fingerprint density at radius 3 is 1.59 bits per heavy atom. The highest BCUT2D eigenvalue weighted by atomic mass is 19.3. The average Bonchev–Trinajstić information content (AvgIpc) is 3.46. The van der Waals surface area contributed by atoms with Crippen molar-refractivity contribution in [2.24, 2.45) is 0 Å². The van der Waals surface area contributed by atoms with Crippen LogP contribution in [-0.4, -0.2) is 151 Å². The van der Waals surface area contributed by atoms with Crippen molar-refractivity contribution in [3.63, 3.8) is 0 Å². The standard InChI is InChI=1S/C24H26F2N6O.C18H19N5.C12H12F2N2O4/c1-17-16-31(23(33)30-11-8-24(25,26)9-12-30)13-14-32(17)22-20-15-27-10-7-19(20)21(28-29-22)18-5-3-2-4-6-18;1-13-11-20-9-10-23(13)18-16-12-19-8-7-15(16)17(21-22-18)14-5-3-2-4-6-14;13-12(14)5-7-15(8-6-12)11(17)20-10-3-1-9(2-4-10)16(18)19/h2-7,10,15,17H,8-9,11-14,16H2,1H3;2-8,12-13,20H,9-11H2,1H3;1-4H,5-8H2/t17-;13-;/m11./s1. The van der Waals surface area contributed by atoms with Crippen molar-refractivity contribution in [1.82, 2.24) is 50.4 Å². The highest BCUT2D eigenvalue weighted by Gasteiger charge is 2.39. The average molecular weight is 1040 g/mol. The van der Waals surface area contributed by atoms with E-state index in [1.54, 1.807) is 16.0 Å². The van der Waals surface area contributed by atoms with Crippen LogP contribution in [0.1, 0.15) is 39.5 Å². The van der Waals surface area contributed by atoms with Crippen molar-refractivity contribution in [3.05, 3.63) is 132 Å². The van der Waals surface area contributed by atoms with Gasteiger partial charge in [-0.25, -0.2) is 27.2 Å². The number of hydrogen-bond donors (Lipinski definition) is 1. The van der Waals surface area contributed by atoms with E-state index in [0.717, 1.165) is 75.3 Å². The summed E-state index contributed by atoms with van der Waals surface area (Å²) < 4.78 is 57.8. The molecule has 22 heteroatoms. The van der Waals surface area contributed by atoms with Crippen molar-refractivity contribution < 1.29 is 36.8 Å². The van der Waals surface area contributed by atoms with Crippen molar-refractivity contribution in [2.45, 2.75) is 63.5 Å². The SMILES string of the molecule is C[C@@H]1CN(C(=O)N2CCC(F)(F)CC2)CCN1c1nnc(-c2ccccc2)c2ccncc12.C[C@@H]1CNCCN1c1nnc(-c2ccccc2)c2ccncc12.O=C(Oc1ccc([N+](=O)[O-])cc1)N1CCC(F)(F)CC1. The van der Waals surface area contributed by atoms with Gasteiger partial charge in [0.1, 0.15) is 17.1 Å². The van der Waals surface area contributed by atoms with Gasteiger partial charge in [-0.05, 0) is 38.1 Å². The zero-order chi connectivity index (χ0) is 53.4. The van der Waals surface area contributed by atoms with E-state index in [1.807, 2.05) is 86.2 Å². The lowest BCUT2D eigenvalue weighted by molar-refractivity contribution is -0.384. The van der Waals surface area contributed by atoms with E-state index in [9.17, 15) is 37.3 Å². The van der Waals surface area contributed by atoms with E-state index >= 15 is 0 Å². The highest BCUT2D eigenvalue weighted by Crippen LogP contribution is 2.35. The van der Waals surface area contributed by atoms with Gasteiger partial charge in [0.15, 0.2) is 11.6 Å². The number of aromatic nitrogens is 6. The van der Waals surface area contributed by atoms with Gasteiger partial charge in [0.05, 0.1) is 4.92 Å². The lowest BCUT2D eigenvalue weighted by atomic mass is 10.1. The van der Waals surface area contributed by atoms with Crippen molar-refractivity contribution in [1.29, 1.82) is 0 Å². The third kappa shape index (κ3) is 12.3. The molecular weight excluding hydrogens is 987 g/mol. The number of rotatable bonds is 6. The smallest absolute Gasteiger partial charge is 0.410 e. The quantitative estimate of drug-likeness (QED) is 0.0941. The van der Waals surface area contributed by atoms with Crippen LogP contribution in [-0.2, 0) is 0 Å². The molecule has 2 atom stereocenters. The summed E-state index contributed by atoms with van der Waals surface area (Å²) >= 11 is 0. The maximum atomic E-state index is 13.5. The van der Waals surface area contributed by atoms with Crippen molar-refractivity contribution >= 4 is 51.0 Å². The van der Waals surface area contributed by atoms with E-state index in [1.165, 1.54) is 29.2 Å². The Bertz CT molecular complexity index is 3130. The van der Waals surface area contributed by atoms with E-state index in [4.69, 9.17) is 4.74 Å². The molecule has 0 radical (unpaired) electrons. The van der Waals surface area contributed by atoms with Gasteiger partial charge in [-0.1, -0.05) is 60.7 Å². The first kappa shape index (κ1) is 52.7. The molecule has 8 heterocycles. The Labute approximate surface area is 435 Å². The van der Waals surface area contributed by atoms with Gasteiger partial charge in [-0.3, -0.25) is 20.1 Å². The topological polar surface area (TPSA) is 192 Å². The summed E-state index contributed by atoms with van der Waals surface area (Å²) in [5.74, 6) is -3.58. The molecule has 3 aromatic carbocycles. The number of pyridine rings is 2. The van der Waals surface area contributed by atoms with Gasteiger partial charge in [0.2, 0.25) is 0 Å². The number of hydrogen-bond acceptors (Lipinski definition) is 14. The van der Waals surface area contributed by atoms with Gasteiger partial charge in [0, 0.05) is 173 Å². The summed E-state index contributed by atoms with van der Waals surface area (Å²) in [5.41, 5.74) is 3.66. The van der Waals surface area contributed by atoms with Gasteiger partial charge < -0.3 is 34.6 Å². The third-order valence-electron chi connectivity index (χ3n) is 13.9. The molecule has 7 aromatic rings. The maximum absolute atomic E-state index is 13.5. The minimum absolute atomic E-state index is 0.00536. The van der Waals surface area contributed by atoms with Crippen LogP contribution in [0.15, 0.2) is 122 Å². The number of halogens is 4. The first-order valence-electron chi connectivity index (χ1n) is 25.2. The molecule has 0 spiro atoms. The Kier molecular flexibility index (Phi) is 16.1. The summed E-state index contributed by atoms with van der Waals surface area (Å²) in [6.45, 7) is 8.75. The number of piperazine rings is 2. The Hall–Kier alpha value is -8.14. The van der Waals surface area contributed by atoms with E-state index in [2.05, 4.69) is 64.5 Å². The molecule has 11 rings (SSSR count). The second-order valence-corrected chi connectivity index (χ2v) is 19.1. The van der Waals surface area contributed by atoms with Gasteiger partial charge >= 0.3 is 12.1 Å². The van der Waals surface area contributed by atoms with Gasteiger partial charge in [-0.15, -0.1) is 20.4 Å². The third-order valence-corrected chi connectivity index (χ3v) is 13.9. The Morgan fingerprint density at radius 2 is 1.11 bits per heavy atom. The number of nitro benzene ring substituents is 1. The first-order chi connectivity index (χ1) is 36.6. The molecule has 4 aliphatic rings.